The largest absolute Gasteiger partial charge is 0.312 e. The Balaban J connectivity index is 2.37. The molecule has 3 nitrogen and oxygen atoms in total. The van der Waals surface area contributed by atoms with E-state index in [2.05, 4.69) is 30.1 Å². The first kappa shape index (κ1) is 13.1. The predicted molar refractivity (Wildman–Crippen MR) is 77.9 cm³/mol. The van der Waals surface area contributed by atoms with Crippen LogP contribution >= 0.6 is 11.6 Å². The lowest BCUT2D eigenvalue weighted by Gasteiger charge is -2.37. The topological polar surface area (TPSA) is 27.6 Å². The highest BCUT2D eigenvalue weighted by molar-refractivity contribution is 6.30. The van der Waals surface area contributed by atoms with Crippen molar-refractivity contribution in [3.8, 4) is 0 Å². The van der Waals surface area contributed by atoms with Gasteiger partial charge in [-0.05, 0) is 31.5 Å². The summed E-state index contributed by atoms with van der Waals surface area (Å²) in [5.41, 5.74) is 3.37. The van der Waals surface area contributed by atoms with E-state index in [1.165, 1.54) is 5.56 Å². The molecular weight excluding hydrogens is 246 g/mol. The second-order valence-corrected chi connectivity index (χ2v) is 4.87. The van der Waals surface area contributed by atoms with Gasteiger partial charge >= 0.3 is 0 Å². The lowest BCUT2D eigenvalue weighted by atomic mass is 10.0. The second kappa shape index (κ2) is 5.55. The van der Waals surface area contributed by atoms with Crippen LogP contribution in [0.3, 0.4) is 0 Å². The quantitative estimate of drug-likeness (QED) is 0.668. The summed E-state index contributed by atoms with van der Waals surface area (Å²) in [4.78, 5) is 0. The number of benzene rings is 1. The highest BCUT2D eigenvalue weighted by Crippen LogP contribution is 2.28. The summed E-state index contributed by atoms with van der Waals surface area (Å²) in [6, 6.07) is 6.30. The molecule has 4 heteroatoms. The Bertz CT molecular complexity index is 478. The number of hydrazone groups is 1. The summed E-state index contributed by atoms with van der Waals surface area (Å²) >= 11 is 6.09. The highest BCUT2D eigenvalue weighted by atomic mass is 35.5. The first-order chi connectivity index (χ1) is 8.67. The minimum Gasteiger partial charge on any atom is -0.312 e. The van der Waals surface area contributed by atoms with Gasteiger partial charge in [-0.3, -0.25) is 5.01 Å². The standard InChI is InChI=1S/C14H18ClN3/c1-4-14(18(16-3)12-8-17-9-12)13-7-11(15)6-5-10(13)2/h4-7,12,17H,3,8-9H2,1-2H3/b14-4-. The number of aryl methyl sites for hydroxylation is 1. The zero-order chi connectivity index (χ0) is 13.1. The Kier molecular flexibility index (Phi) is 4.04. The summed E-state index contributed by atoms with van der Waals surface area (Å²) in [5.74, 6) is 0. The van der Waals surface area contributed by atoms with Crippen LogP contribution in [0.5, 0.6) is 0 Å². The van der Waals surface area contributed by atoms with Crippen LogP contribution in [0.15, 0.2) is 29.4 Å². The number of nitrogens with zero attached hydrogens (tertiary/aromatic N) is 2. The zero-order valence-electron chi connectivity index (χ0n) is 10.8. The number of hydrogen-bond donors (Lipinski definition) is 1. The molecule has 1 fully saturated rings. The Morgan fingerprint density at radius 2 is 2.28 bits per heavy atom. The molecule has 0 unspecified atom stereocenters. The summed E-state index contributed by atoms with van der Waals surface area (Å²) in [5, 5.41) is 10.1. The Labute approximate surface area is 113 Å². The van der Waals surface area contributed by atoms with Crippen LogP contribution in [0.1, 0.15) is 18.1 Å². The van der Waals surface area contributed by atoms with E-state index >= 15 is 0 Å². The van der Waals surface area contributed by atoms with E-state index in [1.807, 2.05) is 30.1 Å². The maximum Gasteiger partial charge on any atom is 0.0774 e. The molecule has 1 aliphatic rings. The molecular formula is C14H18ClN3. The van der Waals surface area contributed by atoms with E-state index in [1.54, 1.807) is 0 Å². The van der Waals surface area contributed by atoms with Gasteiger partial charge in [0.1, 0.15) is 0 Å². The molecule has 18 heavy (non-hydrogen) atoms. The van der Waals surface area contributed by atoms with Crippen LogP contribution in [0.2, 0.25) is 5.02 Å². The van der Waals surface area contributed by atoms with Crippen molar-refractivity contribution in [2.24, 2.45) is 5.10 Å². The van der Waals surface area contributed by atoms with Crippen molar-refractivity contribution in [1.29, 1.82) is 0 Å². The van der Waals surface area contributed by atoms with Gasteiger partial charge < -0.3 is 5.32 Å². The smallest absolute Gasteiger partial charge is 0.0774 e. The van der Waals surface area contributed by atoms with Gasteiger partial charge in [0.25, 0.3) is 0 Å². The summed E-state index contributed by atoms with van der Waals surface area (Å²) in [6.45, 7) is 9.66. The van der Waals surface area contributed by atoms with Gasteiger partial charge in [0, 0.05) is 30.4 Å². The minimum absolute atomic E-state index is 0.382. The Morgan fingerprint density at radius 1 is 1.56 bits per heavy atom. The summed E-state index contributed by atoms with van der Waals surface area (Å²) in [6.07, 6.45) is 2.06. The molecule has 1 aliphatic heterocycles. The molecule has 0 amide bonds. The van der Waals surface area contributed by atoms with E-state index in [0.29, 0.717) is 6.04 Å². The number of nitrogens with one attached hydrogen (secondary N) is 1. The normalized spacial score (nSPS) is 16.3. The fourth-order valence-corrected chi connectivity index (χ4v) is 2.29. The molecule has 96 valence electrons. The van der Waals surface area contributed by atoms with Crippen molar-refractivity contribution in [3.05, 3.63) is 40.4 Å². The van der Waals surface area contributed by atoms with E-state index in [9.17, 15) is 0 Å². The maximum absolute atomic E-state index is 6.09. The Hall–Kier alpha value is -1.32. The van der Waals surface area contributed by atoms with Crippen molar-refractivity contribution in [1.82, 2.24) is 10.3 Å². The molecule has 1 aromatic carbocycles. The van der Waals surface area contributed by atoms with Gasteiger partial charge in [-0.25, -0.2) is 0 Å². The van der Waals surface area contributed by atoms with Gasteiger partial charge in [-0.2, -0.15) is 5.10 Å². The molecule has 0 bridgehead atoms. The van der Waals surface area contributed by atoms with Gasteiger partial charge in [-0.15, -0.1) is 0 Å². The number of rotatable bonds is 4. The van der Waals surface area contributed by atoms with Crippen molar-refractivity contribution in [3.63, 3.8) is 0 Å². The summed E-state index contributed by atoms with van der Waals surface area (Å²) in [7, 11) is 0. The van der Waals surface area contributed by atoms with E-state index < -0.39 is 0 Å². The van der Waals surface area contributed by atoms with Crippen molar-refractivity contribution in [2.75, 3.05) is 13.1 Å². The number of hydrogen-bond acceptors (Lipinski definition) is 3. The molecule has 0 aromatic heterocycles. The lowest BCUT2D eigenvalue weighted by Crippen LogP contribution is -2.54. The molecule has 0 aliphatic carbocycles. The first-order valence-electron chi connectivity index (χ1n) is 6.06. The third-order valence-corrected chi connectivity index (χ3v) is 3.49. The minimum atomic E-state index is 0.382. The molecule has 1 aromatic rings. The Morgan fingerprint density at radius 3 is 2.78 bits per heavy atom. The molecule has 1 saturated heterocycles. The van der Waals surface area contributed by atoms with E-state index in [-0.39, 0.29) is 0 Å². The van der Waals surface area contributed by atoms with Crippen LogP contribution in [0.25, 0.3) is 5.70 Å². The third-order valence-electron chi connectivity index (χ3n) is 3.25. The van der Waals surface area contributed by atoms with Gasteiger partial charge in [0.15, 0.2) is 0 Å². The first-order valence-corrected chi connectivity index (χ1v) is 6.44. The van der Waals surface area contributed by atoms with Gasteiger partial charge in [-0.1, -0.05) is 23.7 Å². The molecule has 1 N–H and O–H groups in total. The van der Waals surface area contributed by atoms with Crippen molar-refractivity contribution in [2.45, 2.75) is 19.9 Å². The van der Waals surface area contributed by atoms with Gasteiger partial charge in [0.05, 0.1) is 11.7 Å². The second-order valence-electron chi connectivity index (χ2n) is 4.43. The van der Waals surface area contributed by atoms with Crippen LogP contribution in [0, 0.1) is 6.92 Å². The van der Waals surface area contributed by atoms with Crippen LogP contribution < -0.4 is 5.32 Å². The molecule has 0 atom stereocenters. The fraction of sp³-hybridized carbons (Fsp3) is 0.357. The third kappa shape index (κ3) is 2.42. The fourth-order valence-electron chi connectivity index (χ4n) is 2.12. The number of halogens is 1. The SMILES string of the molecule is C=NN(/C(=C\C)c1cc(Cl)ccc1C)C1CNC1. The molecule has 2 rings (SSSR count). The summed E-state index contributed by atoms with van der Waals surface area (Å²) < 4.78 is 0. The van der Waals surface area contributed by atoms with Crippen LogP contribution in [-0.2, 0) is 0 Å². The average Bonchev–Trinajstić information content (AvgIpc) is 2.30. The maximum atomic E-state index is 6.09. The average molecular weight is 264 g/mol. The predicted octanol–water partition coefficient (Wildman–Crippen LogP) is 2.90. The lowest BCUT2D eigenvalue weighted by molar-refractivity contribution is 0.227. The van der Waals surface area contributed by atoms with Gasteiger partial charge in [0.2, 0.25) is 0 Å². The molecule has 0 saturated carbocycles. The van der Waals surface area contributed by atoms with E-state index in [0.717, 1.165) is 29.4 Å². The number of allylic oxidation sites excluding steroid dienone is 1. The molecule has 0 radical (unpaired) electrons. The van der Waals surface area contributed by atoms with Crippen molar-refractivity contribution >= 4 is 24.0 Å². The van der Waals surface area contributed by atoms with Crippen LogP contribution in [-0.4, -0.2) is 30.9 Å². The monoisotopic (exact) mass is 263 g/mol. The van der Waals surface area contributed by atoms with E-state index in [4.69, 9.17) is 11.6 Å². The van der Waals surface area contributed by atoms with Crippen molar-refractivity contribution < 1.29 is 0 Å². The zero-order valence-corrected chi connectivity index (χ0v) is 11.5. The molecule has 0 spiro atoms. The van der Waals surface area contributed by atoms with Crippen LogP contribution in [0.4, 0.5) is 0 Å². The molecule has 1 heterocycles. The highest BCUT2D eigenvalue weighted by Gasteiger charge is 2.26.